The van der Waals surface area contributed by atoms with Crippen LogP contribution in [0.3, 0.4) is 0 Å². The molecule has 0 radical (unpaired) electrons. The van der Waals surface area contributed by atoms with E-state index in [0.717, 1.165) is 0 Å². The average Bonchev–Trinajstić information content (AvgIpc) is 2.78. The summed E-state index contributed by atoms with van der Waals surface area (Å²) in [5.74, 6) is -0.725. The van der Waals surface area contributed by atoms with E-state index in [0.29, 0.717) is 22.4 Å². The standard InChI is InChI=1S/C26H21FN2O4/c1-15(2)31-17-9-7-16(8-10-17)26(30)32-18-11-12-20-23(13-18)33-25(29)21(14-28)24(20)19-5-3-4-6-22(19)27/h3-13,15,24H,29H2,1-2H3. The van der Waals surface area contributed by atoms with Gasteiger partial charge in [-0.05, 0) is 50.2 Å². The Morgan fingerprint density at radius 3 is 2.42 bits per heavy atom. The van der Waals surface area contributed by atoms with Crippen molar-refractivity contribution in [3.63, 3.8) is 0 Å². The number of nitrogens with two attached hydrogens (primary N) is 1. The maximum absolute atomic E-state index is 14.6. The van der Waals surface area contributed by atoms with E-state index < -0.39 is 17.7 Å². The molecule has 3 aromatic carbocycles. The Morgan fingerprint density at radius 2 is 1.76 bits per heavy atom. The number of carbonyl (C=O) groups excluding carboxylic acids is 1. The van der Waals surface area contributed by atoms with Crippen molar-refractivity contribution < 1.29 is 23.4 Å². The lowest BCUT2D eigenvalue weighted by Gasteiger charge is -2.27. The topological polar surface area (TPSA) is 94.6 Å². The van der Waals surface area contributed by atoms with E-state index in [2.05, 4.69) is 0 Å². The number of halogens is 1. The Hall–Kier alpha value is -4.31. The molecule has 1 heterocycles. The largest absolute Gasteiger partial charge is 0.491 e. The van der Waals surface area contributed by atoms with Gasteiger partial charge >= 0.3 is 5.97 Å². The molecule has 2 N–H and O–H groups in total. The van der Waals surface area contributed by atoms with Crippen LogP contribution < -0.4 is 19.9 Å². The molecule has 0 spiro atoms. The SMILES string of the molecule is CC(C)Oc1ccc(C(=O)Oc2ccc3c(c2)OC(N)=C(C#N)C3c2ccccc2F)cc1. The molecule has 0 saturated heterocycles. The third-order valence-electron chi connectivity index (χ3n) is 5.08. The zero-order valence-corrected chi connectivity index (χ0v) is 18.0. The molecular weight excluding hydrogens is 423 g/mol. The van der Waals surface area contributed by atoms with Crippen molar-refractivity contribution in [1.29, 1.82) is 5.26 Å². The number of allylic oxidation sites excluding steroid dienone is 1. The number of nitriles is 1. The fourth-order valence-corrected chi connectivity index (χ4v) is 3.64. The smallest absolute Gasteiger partial charge is 0.343 e. The summed E-state index contributed by atoms with van der Waals surface area (Å²) in [5, 5.41) is 9.61. The first-order valence-electron chi connectivity index (χ1n) is 10.3. The highest BCUT2D eigenvalue weighted by Crippen LogP contribution is 2.44. The van der Waals surface area contributed by atoms with Crippen LogP contribution in [0, 0.1) is 17.1 Å². The third kappa shape index (κ3) is 4.51. The van der Waals surface area contributed by atoms with Gasteiger partial charge in [-0.15, -0.1) is 0 Å². The molecule has 1 atom stereocenters. The highest BCUT2D eigenvalue weighted by molar-refractivity contribution is 5.91. The van der Waals surface area contributed by atoms with Crippen LogP contribution in [0.5, 0.6) is 17.2 Å². The molecule has 1 aliphatic heterocycles. The van der Waals surface area contributed by atoms with E-state index in [1.54, 1.807) is 54.6 Å². The molecule has 7 heteroatoms. The molecule has 166 valence electrons. The predicted octanol–water partition coefficient (Wildman–Crippen LogP) is 5.05. The van der Waals surface area contributed by atoms with Gasteiger partial charge in [-0.25, -0.2) is 9.18 Å². The minimum Gasteiger partial charge on any atom is -0.491 e. The normalized spacial score (nSPS) is 14.8. The van der Waals surface area contributed by atoms with E-state index in [4.69, 9.17) is 19.9 Å². The van der Waals surface area contributed by atoms with Crippen molar-refractivity contribution in [3.8, 4) is 23.3 Å². The molecule has 6 nitrogen and oxygen atoms in total. The summed E-state index contributed by atoms with van der Waals surface area (Å²) in [5.41, 5.74) is 7.27. The van der Waals surface area contributed by atoms with Gasteiger partial charge in [0.25, 0.3) is 0 Å². The van der Waals surface area contributed by atoms with Crippen LogP contribution in [0.15, 0.2) is 78.2 Å². The average molecular weight is 444 g/mol. The van der Waals surface area contributed by atoms with Gasteiger partial charge in [0, 0.05) is 17.2 Å². The second-order valence-electron chi connectivity index (χ2n) is 7.73. The molecule has 4 rings (SSSR count). The molecular formula is C26H21FN2O4. The number of ether oxygens (including phenoxy) is 3. The van der Waals surface area contributed by atoms with E-state index in [9.17, 15) is 14.4 Å². The lowest BCUT2D eigenvalue weighted by atomic mass is 9.83. The molecule has 0 bridgehead atoms. The number of esters is 1. The third-order valence-corrected chi connectivity index (χ3v) is 5.08. The number of benzene rings is 3. The number of hydrogen-bond donors (Lipinski definition) is 1. The quantitative estimate of drug-likeness (QED) is 0.437. The zero-order valence-electron chi connectivity index (χ0n) is 18.0. The zero-order chi connectivity index (χ0) is 23.5. The van der Waals surface area contributed by atoms with Gasteiger partial charge < -0.3 is 19.9 Å². The van der Waals surface area contributed by atoms with Crippen molar-refractivity contribution in [2.45, 2.75) is 25.9 Å². The Labute approximate surface area is 190 Å². The van der Waals surface area contributed by atoms with Crippen LogP contribution in [0.4, 0.5) is 4.39 Å². The van der Waals surface area contributed by atoms with Crippen molar-refractivity contribution in [2.24, 2.45) is 5.73 Å². The van der Waals surface area contributed by atoms with E-state index >= 15 is 0 Å². The van der Waals surface area contributed by atoms with Gasteiger partial charge in [0.05, 0.1) is 17.6 Å². The molecule has 0 aliphatic carbocycles. The molecule has 1 unspecified atom stereocenters. The van der Waals surface area contributed by atoms with Gasteiger partial charge in [-0.1, -0.05) is 24.3 Å². The number of fused-ring (bicyclic) bond motifs is 1. The number of rotatable bonds is 5. The molecule has 0 aromatic heterocycles. The Kier molecular flexibility index (Phi) is 6.01. The Morgan fingerprint density at radius 1 is 1.06 bits per heavy atom. The van der Waals surface area contributed by atoms with Crippen LogP contribution in [0.25, 0.3) is 0 Å². The Balaban J connectivity index is 1.61. The van der Waals surface area contributed by atoms with Gasteiger partial charge in [-0.3, -0.25) is 0 Å². The number of carbonyl (C=O) groups is 1. The van der Waals surface area contributed by atoms with Crippen molar-refractivity contribution in [1.82, 2.24) is 0 Å². The molecule has 0 fully saturated rings. The maximum Gasteiger partial charge on any atom is 0.343 e. The van der Waals surface area contributed by atoms with Crippen LogP contribution >= 0.6 is 0 Å². The van der Waals surface area contributed by atoms with E-state index in [-0.39, 0.29) is 29.1 Å². The number of hydrogen-bond acceptors (Lipinski definition) is 6. The number of nitrogens with zero attached hydrogens (tertiary/aromatic N) is 1. The first-order valence-corrected chi connectivity index (χ1v) is 10.3. The van der Waals surface area contributed by atoms with Crippen LogP contribution in [-0.4, -0.2) is 12.1 Å². The van der Waals surface area contributed by atoms with E-state index in [1.807, 2.05) is 19.9 Å². The fraction of sp³-hybridized carbons (Fsp3) is 0.154. The van der Waals surface area contributed by atoms with E-state index in [1.165, 1.54) is 12.1 Å². The minimum atomic E-state index is -0.738. The summed E-state index contributed by atoms with van der Waals surface area (Å²) >= 11 is 0. The molecule has 33 heavy (non-hydrogen) atoms. The summed E-state index contributed by atoms with van der Waals surface area (Å²) in [7, 11) is 0. The van der Waals surface area contributed by atoms with Crippen LogP contribution in [0.2, 0.25) is 0 Å². The summed E-state index contributed by atoms with van der Waals surface area (Å²) in [6.45, 7) is 3.83. The summed E-state index contributed by atoms with van der Waals surface area (Å²) in [6.07, 6.45) is 0.0227. The molecule has 1 aliphatic rings. The summed E-state index contributed by atoms with van der Waals surface area (Å²) in [6, 6.07) is 19.5. The van der Waals surface area contributed by atoms with Gasteiger partial charge in [-0.2, -0.15) is 5.26 Å². The summed E-state index contributed by atoms with van der Waals surface area (Å²) < 4.78 is 31.2. The van der Waals surface area contributed by atoms with Gasteiger partial charge in [0.1, 0.15) is 34.7 Å². The monoisotopic (exact) mass is 444 g/mol. The van der Waals surface area contributed by atoms with Crippen molar-refractivity contribution in [2.75, 3.05) is 0 Å². The molecule has 0 saturated carbocycles. The summed E-state index contributed by atoms with van der Waals surface area (Å²) in [4.78, 5) is 12.6. The Bertz CT molecular complexity index is 1280. The maximum atomic E-state index is 14.6. The lowest BCUT2D eigenvalue weighted by Crippen LogP contribution is -2.21. The van der Waals surface area contributed by atoms with Crippen LogP contribution in [-0.2, 0) is 0 Å². The van der Waals surface area contributed by atoms with Crippen LogP contribution in [0.1, 0.15) is 41.3 Å². The minimum absolute atomic E-state index is 0.0227. The second-order valence-corrected chi connectivity index (χ2v) is 7.73. The predicted molar refractivity (Wildman–Crippen MR) is 119 cm³/mol. The molecule has 0 amide bonds. The van der Waals surface area contributed by atoms with Gasteiger partial charge in [0.2, 0.25) is 5.88 Å². The van der Waals surface area contributed by atoms with Gasteiger partial charge in [0.15, 0.2) is 0 Å². The highest BCUT2D eigenvalue weighted by atomic mass is 19.1. The van der Waals surface area contributed by atoms with Crippen molar-refractivity contribution >= 4 is 5.97 Å². The highest BCUT2D eigenvalue weighted by Gasteiger charge is 2.32. The van der Waals surface area contributed by atoms with Crippen molar-refractivity contribution in [3.05, 3.63) is 101 Å². The fourth-order valence-electron chi connectivity index (χ4n) is 3.64. The molecule has 3 aromatic rings. The first kappa shape index (κ1) is 21.9. The lowest BCUT2D eigenvalue weighted by molar-refractivity contribution is 0.0734. The first-order chi connectivity index (χ1) is 15.9. The second kappa shape index (κ2) is 9.05.